The first-order valence-corrected chi connectivity index (χ1v) is 6.71. The highest BCUT2D eigenvalue weighted by Gasteiger charge is 2.37. The maximum absolute atomic E-state index is 11.6. The van der Waals surface area contributed by atoms with Crippen molar-refractivity contribution in [3.05, 3.63) is 0 Å². The molecule has 82 valence electrons. The quantitative estimate of drug-likeness (QED) is 0.710. The van der Waals surface area contributed by atoms with Gasteiger partial charge in [-0.25, -0.2) is 0 Å². The normalized spacial score (nSPS) is 21.9. The van der Waals surface area contributed by atoms with E-state index in [0.29, 0.717) is 0 Å². The van der Waals surface area contributed by atoms with Crippen LogP contribution in [0.5, 0.6) is 0 Å². The Hall–Kier alpha value is -0.180. The summed E-state index contributed by atoms with van der Waals surface area (Å²) in [6.45, 7) is 1.82. The smallest absolute Gasteiger partial charge is 0.324 e. The van der Waals surface area contributed by atoms with Gasteiger partial charge < -0.3 is 9.79 Å². The molecule has 0 amide bonds. The van der Waals surface area contributed by atoms with Crippen molar-refractivity contribution in [3.8, 4) is 0 Å². The monoisotopic (exact) mass is 220 g/mol. The van der Waals surface area contributed by atoms with Gasteiger partial charge >= 0.3 is 7.60 Å². The van der Waals surface area contributed by atoms with Crippen molar-refractivity contribution in [1.29, 1.82) is 0 Å². The summed E-state index contributed by atoms with van der Waals surface area (Å²) in [5.74, 6) is -0.273. The van der Waals surface area contributed by atoms with Crippen LogP contribution in [-0.4, -0.2) is 21.7 Å². The molecule has 2 N–H and O–H groups in total. The SMILES string of the molecule is CC1(C(=O)CP(=O)(O)O)CCCCC1. The summed E-state index contributed by atoms with van der Waals surface area (Å²) in [5.41, 5.74) is -0.487. The summed E-state index contributed by atoms with van der Waals surface area (Å²) in [4.78, 5) is 29.1. The highest BCUT2D eigenvalue weighted by molar-refractivity contribution is 7.52. The van der Waals surface area contributed by atoms with E-state index in [0.717, 1.165) is 32.1 Å². The molecule has 1 aliphatic rings. The molecule has 5 heteroatoms. The minimum atomic E-state index is -4.18. The maximum Gasteiger partial charge on any atom is 0.332 e. The first kappa shape index (κ1) is 11.9. The van der Waals surface area contributed by atoms with Gasteiger partial charge in [-0.3, -0.25) is 9.36 Å². The Morgan fingerprint density at radius 1 is 1.29 bits per heavy atom. The molecule has 0 atom stereocenters. The van der Waals surface area contributed by atoms with Gasteiger partial charge in [0.05, 0.1) is 0 Å². The van der Waals surface area contributed by atoms with E-state index in [1.165, 1.54) is 0 Å². The van der Waals surface area contributed by atoms with Crippen LogP contribution in [0.15, 0.2) is 0 Å². The van der Waals surface area contributed by atoms with Gasteiger partial charge in [0.25, 0.3) is 0 Å². The topological polar surface area (TPSA) is 74.6 Å². The Morgan fingerprint density at radius 2 is 1.79 bits per heavy atom. The number of hydrogen-bond acceptors (Lipinski definition) is 2. The molecule has 0 aliphatic heterocycles. The van der Waals surface area contributed by atoms with Gasteiger partial charge in [-0.15, -0.1) is 0 Å². The van der Waals surface area contributed by atoms with Gasteiger partial charge in [-0.2, -0.15) is 0 Å². The Morgan fingerprint density at radius 3 is 2.21 bits per heavy atom. The van der Waals surface area contributed by atoms with E-state index in [4.69, 9.17) is 9.79 Å². The Kier molecular flexibility index (Phi) is 3.51. The van der Waals surface area contributed by atoms with E-state index < -0.39 is 19.2 Å². The van der Waals surface area contributed by atoms with E-state index in [1.54, 1.807) is 0 Å². The molecule has 0 bridgehead atoms. The second-order valence-electron chi connectivity index (χ2n) is 4.37. The van der Waals surface area contributed by atoms with Crippen LogP contribution >= 0.6 is 7.60 Å². The fourth-order valence-electron chi connectivity index (χ4n) is 1.99. The molecule has 1 saturated carbocycles. The predicted octanol–water partition coefficient (Wildman–Crippen LogP) is 1.70. The first-order chi connectivity index (χ1) is 6.33. The van der Waals surface area contributed by atoms with Crippen molar-refractivity contribution in [3.63, 3.8) is 0 Å². The van der Waals surface area contributed by atoms with E-state index in [9.17, 15) is 9.36 Å². The van der Waals surface area contributed by atoms with Crippen molar-refractivity contribution in [2.75, 3.05) is 6.16 Å². The molecule has 1 aliphatic carbocycles. The number of rotatable bonds is 3. The Labute approximate surface area is 83.9 Å². The fourth-order valence-corrected chi connectivity index (χ4v) is 2.74. The highest BCUT2D eigenvalue weighted by Crippen LogP contribution is 2.42. The van der Waals surface area contributed by atoms with Gasteiger partial charge in [0, 0.05) is 5.41 Å². The summed E-state index contributed by atoms with van der Waals surface area (Å²) in [5, 5.41) is 0. The lowest BCUT2D eigenvalue weighted by Crippen LogP contribution is -2.32. The molecule has 14 heavy (non-hydrogen) atoms. The Bertz CT molecular complexity index is 262. The van der Waals surface area contributed by atoms with Crippen LogP contribution in [0.2, 0.25) is 0 Å². The number of ketones is 1. The first-order valence-electron chi connectivity index (χ1n) is 4.91. The zero-order valence-corrected chi connectivity index (χ0v) is 9.30. The van der Waals surface area contributed by atoms with Gasteiger partial charge in [0.2, 0.25) is 0 Å². The van der Waals surface area contributed by atoms with Crippen molar-refractivity contribution >= 4 is 13.4 Å². The second-order valence-corrected chi connectivity index (χ2v) is 6.01. The molecule has 1 rings (SSSR count). The molecule has 0 heterocycles. The maximum atomic E-state index is 11.6. The number of carbonyl (C=O) groups is 1. The van der Waals surface area contributed by atoms with E-state index in [-0.39, 0.29) is 5.78 Å². The second kappa shape index (κ2) is 4.13. The summed E-state index contributed by atoms with van der Waals surface area (Å²) in [6, 6.07) is 0. The summed E-state index contributed by atoms with van der Waals surface area (Å²) in [7, 11) is -4.18. The fraction of sp³-hybridized carbons (Fsp3) is 0.889. The third-order valence-electron chi connectivity index (χ3n) is 2.98. The van der Waals surface area contributed by atoms with Gasteiger partial charge in [0.1, 0.15) is 6.16 Å². The van der Waals surface area contributed by atoms with Crippen molar-refractivity contribution < 1.29 is 19.1 Å². The lowest BCUT2D eigenvalue weighted by Gasteiger charge is -2.31. The molecule has 0 aromatic rings. The van der Waals surface area contributed by atoms with Crippen LogP contribution in [0.1, 0.15) is 39.0 Å². The van der Waals surface area contributed by atoms with E-state index in [2.05, 4.69) is 0 Å². The number of hydrogen-bond donors (Lipinski definition) is 2. The van der Waals surface area contributed by atoms with Gasteiger partial charge in [-0.05, 0) is 12.8 Å². The zero-order valence-electron chi connectivity index (χ0n) is 8.40. The van der Waals surface area contributed by atoms with Gasteiger partial charge in [0.15, 0.2) is 5.78 Å². The summed E-state index contributed by atoms with van der Waals surface area (Å²) in [6.07, 6.45) is 4.05. The minimum absolute atomic E-state index is 0.273. The van der Waals surface area contributed by atoms with Crippen LogP contribution in [-0.2, 0) is 9.36 Å². The van der Waals surface area contributed by atoms with Crippen molar-refractivity contribution in [2.24, 2.45) is 5.41 Å². The van der Waals surface area contributed by atoms with Crippen molar-refractivity contribution in [2.45, 2.75) is 39.0 Å². The molecule has 0 spiro atoms. The standard InChI is InChI=1S/C9H17O4P/c1-9(5-3-2-4-6-9)8(10)7-14(11,12)13/h2-7H2,1H3,(H2,11,12,13). The molecule has 4 nitrogen and oxygen atoms in total. The lowest BCUT2D eigenvalue weighted by molar-refractivity contribution is -0.127. The molecule has 0 radical (unpaired) electrons. The molecule has 1 fully saturated rings. The third kappa shape index (κ3) is 3.19. The molecular formula is C9H17O4P. The largest absolute Gasteiger partial charge is 0.332 e. The highest BCUT2D eigenvalue weighted by atomic mass is 31.2. The molecule has 0 unspecified atom stereocenters. The zero-order chi connectivity index (χ0) is 10.8. The van der Waals surface area contributed by atoms with Crippen LogP contribution in [0.4, 0.5) is 0 Å². The third-order valence-corrected chi connectivity index (χ3v) is 3.68. The minimum Gasteiger partial charge on any atom is -0.324 e. The van der Waals surface area contributed by atoms with E-state index in [1.807, 2.05) is 6.92 Å². The summed E-state index contributed by atoms with van der Waals surface area (Å²) < 4.78 is 10.7. The van der Waals surface area contributed by atoms with Gasteiger partial charge in [-0.1, -0.05) is 26.2 Å². The molecular weight excluding hydrogens is 203 g/mol. The van der Waals surface area contributed by atoms with Crippen molar-refractivity contribution in [1.82, 2.24) is 0 Å². The molecule has 0 aromatic heterocycles. The predicted molar refractivity (Wildman–Crippen MR) is 53.1 cm³/mol. The van der Waals surface area contributed by atoms with Crippen LogP contribution < -0.4 is 0 Å². The van der Waals surface area contributed by atoms with Crippen LogP contribution in [0, 0.1) is 5.41 Å². The number of Topliss-reactive ketones (excluding diaryl/α,β-unsaturated/α-hetero) is 1. The average molecular weight is 220 g/mol. The Balaban J connectivity index is 2.62. The van der Waals surface area contributed by atoms with Crippen LogP contribution in [0.3, 0.4) is 0 Å². The number of carbonyl (C=O) groups excluding carboxylic acids is 1. The molecule has 0 saturated heterocycles. The van der Waals surface area contributed by atoms with E-state index >= 15 is 0 Å². The van der Waals surface area contributed by atoms with Crippen LogP contribution in [0.25, 0.3) is 0 Å². The average Bonchev–Trinajstić information content (AvgIpc) is 2.02. The lowest BCUT2D eigenvalue weighted by atomic mass is 9.73. The summed E-state index contributed by atoms with van der Waals surface area (Å²) >= 11 is 0. The molecule has 0 aromatic carbocycles.